The van der Waals surface area contributed by atoms with Gasteiger partial charge in [0.05, 0.1) is 0 Å². The largest absolute Gasteiger partial charge is 0.396 e. The Balaban J connectivity index is 1.84. The normalized spacial score (nSPS) is 30.7. The van der Waals surface area contributed by atoms with E-state index in [0.29, 0.717) is 25.6 Å². The zero-order chi connectivity index (χ0) is 13.0. The molecule has 2 rings (SSSR count). The first kappa shape index (κ1) is 14.6. The molecule has 0 aromatic carbocycles. The Kier molecular flexibility index (Phi) is 5.32. The number of aliphatic hydroxyl groups is 1. The number of rotatable bonds is 5. The third-order valence-corrected chi connectivity index (χ3v) is 6.43. The maximum absolute atomic E-state index is 12.1. The van der Waals surface area contributed by atoms with E-state index in [1.165, 1.54) is 4.31 Å². The van der Waals surface area contributed by atoms with Gasteiger partial charge in [-0.15, -0.1) is 0 Å². The van der Waals surface area contributed by atoms with Gasteiger partial charge in [0, 0.05) is 26.2 Å². The Labute approximate surface area is 114 Å². The summed E-state index contributed by atoms with van der Waals surface area (Å²) < 4.78 is 28.5. The van der Waals surface area contributed by atoms with Crippen LogP contribution in [-0.2, 0) is 10.2 Å². The summed E-state index contributed by atoms with van der Waals surface area (Å²) in [6.07, 6.45) is 2.86. The summed E-state index contributed by atoms with van der Waals surface area (Å²) in [6.45, 7) is 1.65. The monoisotopic (exact) mass is 294 g/mol. The summed E-state index contributed by atoms with van der Waals surface area (Å²) in [6, 6.07) is 0. The molecule has 0 aromatic heterocycles. The predicted octanol–water partition coefficient (Wildman–Crippen LogP) is 0.278. The minimum Gasteiger partial charge on any atom is -0.396 e. The van der Waals surface area contributed by atoms with Crippen molar-refractivity contribution >= 4 is 22.0 Å². The van der Waals surface area contributed by atoms with Crippen molar-refractivity contribution in [2.45, 2.75) is 19.3 Å². The molecule has 2 saturated heterocycles. The maximum atomic E-state index is 12.1. The Hall–Kier alpha value is 0.180. The van der Waals surface area contributed by atoms with Crippen LogP contribution in [0.2, 0.25) is 0 Å². The van der Waals surface area contributed by atoms with Crippen molar-refractivity contribution in [3.05, 3.63) is 0 Å². The summed E-state index contributed by atoms with van der Waals surface area (Å²) >= 11 is 1.89. The first-order chi connectivity index (χ1) is 8.62. The van der Waals surface area contributed by atoms with Crippen LogP contribution < -0.4 is 4.72 Å². The van der Waals surface area contributed by atoms with E-state index in [4.69, 9.17) is 5.11 Å². The molecule has 0 aromatic rings. The molecular formula is C11H22N2O3S2. The van der Waals surface area contributed by atoms with Crippen molar-refractivity contribution in [2.75, 3.05) is 37.7 Å². The van der Waals surface area contributed by atoms with Crippen LogP contribution in [0.1, 0.15) is 19.3 Å². The van der Waals surface area contributed by atoms with Gasteiger partial charge in [0.1, 0.15) is 0 Å². The molecule has 0 radical (unpaired) electrons. The van der Waals surface area contributed by atoms with Crippen LogP contribution in [-0.4, -0.2) is 55.6 Å². The molecule has 2 unspecified atom stereocenters. The Bertz CT molecular complexity index is 355. The van der Waals surface area contributed by atoms with Crippen molar-refractivity contribution in [2.24, 2.45) is 11.8 Å². The number of nitrogens with one attached hydrogen (secondary N) is 1. The molecule has 2 heterocycles. The molecule has 0 aliphatic carbocycles. The standard InChI is InChI=1S/C11H22N2O3S2/c14-8-11-2-1-4-13(7-11)18(15,16)12-6-10-3-5-17-9-10/h10-12,14H,1-9H2. The highest BCUT2D eigenvalue weighted by Gasteiger charge is 2.29. The van der Waals surface area contributed by atoms with Gasteiger partial charge in [0.15, 0.2) is 0 Å². The highest BCUT2D eigenvalue weighted by molar-refractivity contribution is 7.99. The number of nitrogens with zero attached hydrogens (tertiary/aromatic N) is 1. The van der Waals surface area contributed by atoms with Gasteiger partial charge >= 0.3 is 0 Å². The van der Waals surface area contributed by atoms with Crippen molar-refractivity contribution in [3.8, 4) is 0 Å². The molecule has 2 fully saturated rings. The van der Waals surface area contributed by atoms with E-state index in [2.05, 4.69) is 4.72 Å². The molecule has 0 saturated carbocycles. The Morgan fingerprint density at radius 3 is 2.83 bits per heavy atom. The minimum atomic E-state index is -3.35. The van der Waals surface area contributed by atoms with Gasteiger partial charge in [-0.05, 0) is 42.6 Å². The topological polar surface area (TPSA) is 69.6 Å². The number of piperidine rings is 1. The van der Waals surface area contributed by atoms with Crippen LogP contribution in [0.25, 0.3) is 0 Å². The average molecular weight is 294 g/mol. The lowest BCUT2D eigenvalue weighted by atomic mass is 10.0. The van der Waals surface area contributed by atoms with Gasteiger partial charge < -0.3 is 5.11 Å². The SMILES string of the molecule is O=S(=O)(NCC1CCSC1)N1CCCC(CO)C1. The number of aliphatic hydroxyl groups excluding tert-OH is 1. The fourth-order valence-corrected chi connectivity index (χ4v) is 5.14. The number of hydrogen-bond donors (Lipinski definition) is 2. The fraction of sp³-hybridized carbons (Fsp3) is 1.00. The number of thioether (sulfide) groups is 1. The first-order valence-corrected chi connectivity index (χ1v) is 9.14. The second-order valence-electron chi connectivity index (χ2n) is 5.13. The van der Waals surface area contributed by atoms with E-state index in [0.717, 1.165) is 30.8 Å². The van der Waals surface area contributed by atoms with E-state index in [1.54, 1.807) is 0 Å². The van der Waals surface area contributed by atoms with Gasteiger partial charge in [0.2, 0.25) is 0 Å². The zero-order valence-corrected chi connectivity index (χ0v) is 12.2. The third kappa shape index (κ3) is 3.84. The molecule has 5 nitrogen and oxygen atoms in total. The van der Waals surface area contributed by atoms with Crippen molar-refractivity contribution in [1.82, 2.24) is 9.03 Å². The van der Waals surface area contributed by atoms with Crippen molar-refractivity contribution in [1.29, 1.82) is 0 Å². The highest BCUT2D eigenvalue weighted by atomic mass is 32.2. The zero-order valence-electron chi connectivity index (χ0n) is 10.5. The number of hydrogen-bond acceptors (Lipinski definition) is 4. The van der Waals surface area contributed by atoms with E-state index in [9.17, 15) is 8.42 Å². The van der Waals surface area contributed by atoms with Crippen LogP contribution in [0.5, 0.6) is 0 Å². The Morgan fingerprint density at radius 1 is 1.33 bits per heavy atom. The van der Waals surface area contributed by atoms with Crippen molar-refractivity contribution in [3.63, 3.8) is 0 Å². The van der Waals surface area contributed by atoms with Gasteiger partial charge in [0.25, 0.3) is 10.2 Å². The fourth-order valence-electron chi connectivity index (χ4n) is 2.45. The van der Waals surface area contributed by atoms with Crippen LogP contribution in [0.15, 0.2) is 0 Å². The second kappa shape index (κ2) is 6.56. The lowest BCUT2D eigenvalue weighted by molar-refractivity contribution is 0.164. The highest BCUT2D eigenvalue weighted by Crippen LogP contribution is 2.23. The van der Waals surface area contributed by atoms with Crippen LogP contribution >= 0.6 is 11.8 Å². The van der Waals surface area contributed by atoms with E-state index in [1.807, 2.05) is 11.8 Å². The lowest BCUT2D eigenvalue weighted by Gasteiger charge is -2.31. The van der Waals surface area contributed by atoms with E-state index >= 15 is 0 Å². The molecule has 0 spiro atoms. The van der Waals surface area contributed by atoms with Crippen molar-refractivity contribution < 1.29 is 13.5 Å². The van der Waals surface area contributed by atoms with Crippen LogP contribution in [0, 0.1) is 11.8 Å². The second-order valence-corrected chi connectivity index (χ2v) is 8.04. The van der Waals surface area contributed by atoms with E-state index in [-0.39, 0.29) is 12.5 Å². The molecule has 2 aliphatic rings. The molecule has 2 aliphatic heterocycles. The lowest BCUT2D eigenvalue weighted by Crippen LogP contribution is -2.47. The van der Waals surface area contributed by atoms with Gasteiger partial charge in [-0.1, -0.05) is 0 Å². The van der Waals surface area contributed by atoms with Gasteiger partial charge in [-0.25, -0.2) is 4.72 Å². The van der Waals surface area contributed by atoms with Gasteiger partial charge in [-0.3, -0.25) is 0 Å². The molecular weight excluding hydrogens is 272 g/mol. The minimum absolute atomic E-state index is 0.0747. The first-order valence-electron chi connectivity index (χ1n) is 6.55. The molecule has 7 heteroatoms. The maximum Gasteiger partial charge on any atom is 0.279 e. The van der Waals surface area contributed by atoms with Crippen LogP contribution in [0.4, 0.5) is 0 Å². The average Bonchev–Trinajstić information content (AvgIpc) is 2.90. The molecule has 0 bridgehead atoms. The molecule has 18 heavy (non-hydrogen) atoms. The molecule has 2 N–H and O–H groups in total. The van der Waals surface area contributed by atoms with Gasteiger partial charge in [-0.2, -0.15) is 24.5 Å². The third-order valence-electron chi connectivity index (χ3n) is 3.66. The molecule has 106 valence electrons. The summed E-state index contributed by atoms with van der Waals surface area (Å²) in [4.78, 5) is 0. The smallest absolute Gasteiger partial charge is 0.279 e. The summed E-state index contributed by atoms with van der Waals surface area (Å²) in [5, 5.41) is 9.13. The Morgan fingerprint density at radius 2 is 2.17 bits per heavy atom. The summed E-state index contributed by atoms with van der Waals surface area (Å²) in [5.74, 6) is 2.77. The quantitative estimate of drug-likeness (QED) is 0.764. The summed E-state index contributed by atoms with van der Waals surface area (Å²) in [5.41, 5.74) is 0. The predicted molar refractivity (Wildman–Crippen MR) is 73.7 cm³/mol. The summed E-state index contributed by atoms with van der Waals surface area (Å²) in [7, 11) is -3.35. The van der Waals surface area contributed by atoms with Crippen LogP contribution in [0.3, 0.4) is 0 Å². The molecule has 0 amide bonds. The van der Waals surface area contributed by atoms with E-state index < -0.39 is 10.2 Å². The molecule has 2 atom stereocenters.